The van der Waals surface area contributed by atoms with Gasteiger partial charge in [-0.15, -0.1) is 0 Å². The van der Waals surface area contributed by atoms with E-state index in [0.29, 0.717) is 17.8 Å². The van der Waals surface area contributed by atoms with Crippen LogP contribution in [-0.4, -0.2) is 24.4 Å². The van der Waals surface area contributed by atoms with Crippen molar-refractivity contribution in [2.45, 2.75) is 102 Å². The number of likely N-dealkylation sites (N-methyl/N-ethyl adjacent to an activating group) is 1. The van der Waals surface area contributed by atoms with Crippen molar-refractivity contribution in [3.8, 4) is 11.1 Å². The average Bonchev–Trinajstić information content (AvgIpc) is 2.96. The topological polar surface area (TPSA) is 20.3 Å². The number of hydrogen-bond acceptors (Lipinski definition) is 1. The highest BCUT2D eigenvalue weighted by atomic mass is 19.1. The summed E-state index contributed by atoms with van der Waals surface area (Å²) in [4.78, 5) is 13.4. The summed E-state index contributed by atoms with van der Waals surface area (Å²) in [6, 6.07) is 14.8. The summed E-state index contributed by atoms with van der Waals surface area (Å²) in [7, 11) is 1.83. The molecule has 2 nitrogen and oxygen atoms in total. The second-order valence-corrected chi connectivity index (χ2v) is 12.0. The molecule has 0 unspecified atom stereocenters. The van der Waals surface area contributed by atoms with E-state index in [2.05, 4.69) is 43.8 Å². The van der Waals surface area contributed by atoms with Crippen LogP contribution in [0.1, 0.15) is 113 Å². The van der Waals surface area contributed by atoms with Crippen molar-refractivity contribution in [2.24, 2.45) is 11.8 Å². The number of nitrogens with zero attached hydrogens (tertiary/aromatic N) is 1. The van der Waals surface area contributed by atoms with Crippen molar-refractivity contribution in [1.82, 2.24) is 4.90 Å². The van der Waals surface area contributed by atoms with Crippen LogP contribution in [0.2, 0.25) is 0 Å². The predicted molar refractivity (Wildman–Crippen MR) is 158 cm³/mol. The molecule has 0 radical (unpaired) electrons. The van der Waals surface area contributed by atoms with Crippen LogP contribution in [0.3, 0.4) is 0 Å². The van der Waals surface area contributed by atoms with Crippen molar-refractivity contribution in [3.63, 3.8) is 0 Å². The van der Waals surface area contributed by atoms with E-state index in [-0.39, 0.29) is 11.7 Å². The smallest absolute Gasteiger partial charge is 0.245 e. The Morgan fingerprint density at radius 3 is 2.08 bits per heavy atom. The van der Waals surface area contributed by atoms with Crippen molar-refractivity contribution in [3.05, 3.63) is 72.1 Å². The minimum absolute atomic E-state index is 0.0178. The Morgan fingerprint density at radius 1 is 0.868 bits per heavy atom. The zero-order chi connectivity index (χ0) is 26.9. The second kappa shape index (κ2) is 14.1. The van der Waals surface area contributed by atoms with Gasteiger partial charge in [-0.25, -0.2) is 4.39 Å². The van der Waals surface area contributed by atoms with E-state index in [1.807, 2.05) is 13.1 Å². The monoisotopic (exact) mass is 517 g/mol. The first-order chi connectivity index (χ1) is 18.5. The van der Waals surface area contributed by atoms with Gasteiger partial charge in [0.2, 0.25) is 5.91 Å². The number of carbonyl (C=O) groups is 1. The highest BCUT2D eigenvalue weighted by molar-refractivity contribution is 5.86. The molecule has 0 heterocycles. The molecule has 2 aromatic rings. The number of halogens is 1. The maximum Gasteiger partial charge on any atom is 0.245 e. The lowest BCUT2D eigenvalue weighted by atomic mass is 9.76. The zero-order valence-corrected chi connectivity index (χ0v) is 23.8. The lowest BCUT2D eigenvalue weighted by Crippen LogP contribution is -2.28. The third kappa shape index (κ3) is 7.58. The summed E-state index contributed by atoms with van der Waals surface area (Å²) in [5.41, 5.74) is 4.41. The standard InChI is InChI=1S/C35H48FNO/c1-4-6-7-8-26-9-13-28(14-10-26)29-17-19-30(20-18-29)32-21-22-33(34(36)25-32)31-15-11-27(12-16-31)23-24-37(3)35(38)5-2/h5,17-22,25-28,31H,2,4,6-16,23-24H2,1,3H3. The maximum atomic E-state index is 15.3. The van der Waals surface area contributed by atoms with Gasteiger partial charge in [-0.05, 0) is 116 Å². The van der Waals surface area contributed by atoms with Crippen molar-refractivity contribution in [1.29, 1.82) is 0 Å². The lowest BCUT2D eigenvalue weighted by molar-refractivity contribution is -0.124. The minimum atomic E-state index is -0.0623. The molecule has 2 aromatic carbocycles. The van der Waals surface area contributed by atoms with Crippen LogP contribution in [0.15, 0.2) is 55.1 Å². The first-order valence-electron chi connectivity index (χ1n) is 15.3. The molecule has 0 aliphatic heterocycles. The van der Waals surface area contributed by atoms with E-state index in [9.17, 15) is 4.79 Å². The van der Waals surface area contributed by atoms with Gasteiger partial charge in [-0.2, -0.15) is 0 Å². The lowest BCUT2D eigenvalue weighted by Gasteiger charge is -2.30. The Bertz CT molecular complexity index is 1030. The highest BCUT2D eigenvalue weighted by Gasteiger charge is 2.25. The van der Waals surface area contributed by atoms with Gasteiger partial charge in [0, 0.05) is 13.6 Å². The van der Waals surface area contributed by atoms with E-state index in [0.717, 1.165) is 61.3 Å². The number of hydrogen-bond donors (Lipinski definition) is 0. The van der Waals surface area contributed by atoms with Gasteiger partial charge in [0.05, 0.1) is 0 Å². The first kappa shape index (κ1) is 28.6. The fourth-order valence-electron chi connectivity index (χ4n) is 6.86. The van der Waals surface area contributed by atoms with Crippen LogP contribution >= 0.6 is 0 Å². The Labute approximate surface area is 230 Å². The van der Waals surface area contributed by atoms with Crippen molar-refractivity contribution in [2.75, 3.05) is 13.6 Å². The van der Waals surface area contributed by atoms with Gasteiger partial charge in [0.1, 0.15) is 5.82 Å². The number of rotatable bonds is 11. The van der Waals surface area contributed by atoms with Crippen LogP contribution in [-0.2, 0) is 4.79 Å². The van der Waals surface area contributed by atoms with Gasteiger partial charge in [0.15, 0.2) is 0 Å². The van der Waals surface area contributed by atoms with E-state index in [1.165, 1.54) is 63.0 Å². The summed E-state index contributed by atoms with van der Waals surface area (Å²) >= 11 is 0. The molecule has 2 saturated carbocycles. The van der Waals surface area contributed by atoms with Gasteiger partial charge in [0.25, 0.3) is 0 Å². The molecule has 206 valence electrons. The van der Waals surface area contributed by atoms with Crippen LogP contribution in [0, 0.1) is 17.7 Å². The third-order valence-corrected chi connectivity index (χ3v) is 9.49. The summed E-state index contributed by atoms with van der Waals surface area (Å²) in [5.74, 6) is 2.45. The van der Waals surface area contributed by atoms with E-state index in [1.54, 1.807) is 11.0 Å². The Morgan fingerprint density at radius 2 is 1.47 bits per heavy atom. The minimum Gasteiger partial charge on any atom is -0.342 e. The van der Waals surface area contributed by atoms with Gasteiger partial charge < -0.3 is 4.90 Å². The largest absolute Gasteiger partial charge is 0.342 e. The van der Waals surface area contributed by atoms with Crippen molar-refractivity contribution < 1.29 is 9.18 Å². The normalized spacial score (nSPS) is 23.7. The number of amides is 1. The first-order valence-corrected chi connectivity index (χ1v) is 15.3. The predicted octanol–water partition coefficient (Wildman–Crippen LogP) is 9.66. The number of benzene rings is 2. The van der Waals surface area contributed by atoms with E-state index >= 15 is 4.39 Å². The molecule has 38 heavy (non-hydrogen) atoms. The zero-order valence-electron chi connectivity index (χ0n) is 23.8. The van der Waals surface area contributed by atoms with E-state index < -0.39 is 0 Å². The molecule has 0 N–H and O–H groups in total. The highest BCUT2D eigenvalue weighted by Crippen LogP contribution is 2.40. The number of carbonyl (C=O) groups excluding carboxylic acids is 1. The molecule has 0 spiro atoms. The average molecular weight is 518 g/mol. The molecule has 2 fully saturated rings. The third-order valence-electron chi connectivity index (χ3n) is 9.49. The fourth-order valence-corrected chi connectivity index (χ4v) is 6.86. The molecule has 0 atom stereocenters. The summed E-state index contributed by atoms with van der Waals surface area (Å²) in [6.07, 6.45) is 17.5. The van der Waals surface area contributed by atoms with Crippen molar-refractivity contribution >= 4 is 5.91 Å². The molecule has 3 heteroatoms. The molecule has 4 rings (SSSR count). The maximum absolute atomic E-state index is 15.3. The molecular weight excluding hydrogens is 469 g/mol. The van der Waals surface area contributed by atoms with Gasteiger partial charge in [-0.1, -0.05) is 75.6 Å². The number of unbranched alkanes of at least 4 members (excludes halogenated alkanes) is 2. The summed E-state index contributed by atoms with van der Waals surface area (Å²) < 4.78 is 15.3. The SMILES string of the molecule is C=CC(=O)N(C)CCC1CCC(c2ccc(-c3ccc(C4CCC(CCCCC)CC4)cc3)cc2F)CC1. The second-order valence-electron chi connectivity index (χ2n) is 12.0. The Balaban J connectivity index is 1.28. The van der Waals surface area contributed by atoms with Gasteiger partial charge in [-0.3, -0.25) is 4.79 Å². The van der Waals surface area contributed by atoms with Crippen LogP contribution in [0.25, 0.3) is 11.1 Å². The molecule has 0 saturated heterocycles. The molecule has 2 aliphatic carbocycles. The van der Waals surface area contributed by atoms with Crippen LogP contribution in [0.5, 0.6) is 0 Å². The fraction of sp³-hybridized carbons (Fsp3) is 0.571. The summed E-state index contributed by atoms with van der Waals surface area (Å²) in [6.45, 7) is 6.61. The van der Waals surface area contributed by atoms with E-state index in [4.69, 9.17) is 0 Å². The Hall–Kier alpha value is -2.42. The molecule has 0 aromatic heterocycles. The molecule has 2 aliphatic rings. The quantitative estimate of drug-likeness (QED) is 0.215. The Kier molecular flexibility index (Phi) is 10.6. The summed E-state index contributed by atoms with van der Waals surface area (Å²) in [5, 5.41) is 0. The molecule has 0 bridgehead atoms. The molecular formula is C35H48FNO. The van der Waals surface area contributed by atoms with Crippen LogP contribution in [0.4, 0.5) is 4.39 Å². The molecule has 1 amide bonds. The van der Waals surface area contributed by atoms with Gasteiger partial charge >= 0.3 is 0 Å². The van der Waals surface area contributed by atoms with Crippen LogP contribution < -0.4 is 0 Å².